The highest BCUT2D eigenvalue weighted by Crippen LogP contribution is 2.30. The summed E-state index contributed by atoms with van der Waals surface area (Å²) in [6.45, 7) is 0.814. The predicted molar refractivity (Wildman–Crippen MR) is 133 cm³/mol. The number of fused-ring (bicyclic) bond motifs is 1. The van der Waals surface area contributed by atoms with E-state index in [-0.39, 0.29) is 6.03 Å². The van der Waals surface area contributed by atoms with E-state index in [0.717, 1.165) is 10.0 Å². The first-order chi connectivity index (χ1) is 15.4. The van der Waals surface area contributed by atoms with Crippen molar-refractivity contribution in [1.29, 1.82) is 0 Å². The van der Waals surface area contributed by atoms with Crippen molar-refractivity contribution >= 4 is 73.9 Å². The number of halogens is 4. The molecule has 4 rings (SSSR count). The van der Waals surface area contributed by atoms with Gasteiger partial charge in [-0.1, -0.05) is 53.0 Å². The van der Waals surface area contributed by atoms with Crippen molar-refractivity contribution in [2.45, 2.75) is 0 Å². The number of carbonyl (C=O) groups excluding carboxylic acids is 1. The summed E-state index contributed by atoms with van der Waals surface area (Å²) in [6, 6.07) is 13.9. The van der Waals surface area contributed by atoms with Gasteiger partial charge < -0.3 is 16.0 Å². The van der Waals surface area contributed by atoms with Crippen molar-refractivity contribution in [3.63, 3.8) is 0 Å². The van der Waals surface area contributed by atoms with Gasteiger partial charge in [0.2, 0.25) is 0 Å². The van der Waals surface area contributed by atoms with Gasteiger partial charge in [0.15, 0.2) is 5.65 Å². The summed E-state index contributed by atoms with van der Waals surface area (Å²) in [7, 11) is 0. The number of nitrogens with one attached hydrogen (secondary N) is 3. The molecule has 2 aromatic heterocycles. The first-order valence-corrected chi connectivity index (χ1v) is 11.4. The van der Waals surface area contributed by atoms with E-state index < -0.39 is 0 Å². The van der Waals surface area contributed by atoms with Crippen LogP contribution in [0.5, 0.6) is 0 Å². The predicted octanol–water partition coefficient (Wildman–Crippen LogP) is 6.35. The summed E-state index contributed by atoms with van der Waals surface area (Å²) in [5, 5.41) is 14.5. The van der Waals surface area contributed by atoms with Gasteiger partial charge in [-0.25, -0.2) is 9.78 Å². The molecule has 0 radical (unpaired) electrons. The SMILES string of the molecule is O=C(NCCNc1cc(-c2ccccc2Cl)nc2c(Br)cnn12)Nc1ccc(Cl)c(Cl)c1. The quantitative estimate of drug-likeness (QED) is 0.243. The second kappa shape index (κ2) is 9.95. The molecule has 7 nitrogen and oxygen atoms in total. The van der Waals surface area contributed by atoms with Gasteiger partial charge in [-0.15, -0.1) is 0 Å². The Morgan fingerprint density at radius 3 is 2.59 bits per heavy atom. The van der Waals surface area contributed by atoms with Crippen LogP contribution in [0.4, 0.5) is 16.3 Å². The lowest BCUT2D eigenvalue weighted by atomic mass is 10.1. The fourth-order valence-corrected chi connectivity index (χ4v) is 3.86. The molecule has 32 heavy (non-hydrogen) atoms. The van der Waals surface area contributed by atoms with Crippen molar-refractivity contribution in [2.75, 3.05) is 23.7 Å². The molecule has 0 unspecified atom stereocenters. The van der Waals surface area contributed by atoms with E-state index in [9.17, 15) is 4.79 Å². The highest BCUT2D eigenvalue weighted by molar-refractivity contribution is 9.10. The zero-order valence-corrected chi connectivity index (χ0v) is 20.2. The molecule has 11 heteroatoms. The minimum absolute atomic E-state index is 0.358. The number of anilines is 2. The van der Waals surface area contributed by atoms with Gasteiger partial charge in [0, 0.05) is 35.4 Å². The third-order valence-corrected chi connectivity index (χ3v) is 6.10. The molecule has 0 atom stereocenters. The Hall–Kier alpha value is -2.52. The summed E-state index contributed by atoms with van der Waals surface area (Å²) < 4.78 is 2.44. The van der Waals surface area contributed by atoms with Gasteiger partial charge in [0.25, 0.3) is 0 Å². The Morgan fingerprint density at radius 2 is 1.81 bits per heavy atom. The van der Waals surface area contributed by atoms with Crippen LogP contribution in [0.15, 0.2) is 59.2 Å². The van der Waals surface area contributed by atoms with Crippen LogP contribution in [0.25, 0.3) is 16.9 Å². The van der Waals surface area contributed by atoms with Crippen molar-refractivity contribution in [3.05, 3.63) is 74.3 Å². The molecule has 0 saturated heterocycles. The summed E-state index contributed by atoms with van der Waals surface area (Å²) in [6.07, 6.45) is 1.67. The Labute approximate surface area is 207 Å². The lowest BCUT2D eigenvalue weighted by Gasteiger charge is -2.12. The van der Waals surface area contributed by atoms with E-state index in [1.54, 1.807) is 28.9 Å². The van der Waals surface area contributed by atoms with E-state index in [0.29, 0.717) is 51.0 Å². The lowest BCUT2D eigenvalue weighted by Crippen LogP contribution is -2.32. The number of aromatic nitrogens is 3. The molecule has 0 saturated carbocycles. The summed E-state index contributed by atoms with van der Waals surface area (Å²) in [5.41, 5.74) is 2.71. The maximum Gasteiger partial charge on any atom is 0.319 e. The second-order valence-electron chi connectivity index (χ2n) is 6.67. The maximum absolute atomic E-state index is 12.1. The van der Waals surface area contributed by atoms with Crippen molar-refractivity contribution < 1.29 is 4.79 Å². The molecule has 0 spiro atoms. The number of urea groups is 1. The molecule has 2 aromatic carbocycles. The van der Waals surface area contributed by atoms with E-state index in [1.165, 1.54) is 0 Å². The van der Waals surface area contributed by atoms with Gasteiger partial charge in [-0.2, -0.15) is 9.61 Å². The molecule has 2 amide bonds. The molecule has 4 aromatic rings. The van der Waals surface area contributed by atoms with E-state index in [4.69, 9.17) is 34.8 Å². The highest BCUT2D eigenvalue weighted by atomic mass is 79.9. The van der Waals surface area contributed by atoms with Crippen LogP contribution in [-0.4, -0.2) is 33.7 Å². The molecule has 0 aliphatic carbocycles. The zero-order valence-electron chi connectivity index (χ0n) is 16.4. The Morgan fingerprint density at radius 1 is 1.00 bits per heavy atom. The molecule has 0 bridgehead atoms. The van der Waals surface area contributed by atoms with Gasteiger partial charge in [-0.3, -0.25) is 0 Å². The summed E-state index contributed by atoms with van der Waals surface area (Å²) in [5.74, 6) is 0.710. The fourth-order valence-electron chi connectivity index (χ4n) is 2.98. The van der Waals surface area contributed by atoms with Crippen LogP contribution in [0, 0.1) is 0 Å². The van der Waals surface area contributed by atoms with Crippen LogP contribution >= 0.6 is 50.7 Å². The largest absolute Gasteiger partial charge is 0.368 e. The standard InChI is InChI=1S/C21H16BrCl3N6O/c22-14-11-28-31-19(10-18(30-20(14)31)13-3-1-2-4-15(13)23)26-7-8-27-21(32)29-12-5-6-16(24)17(25)9-12/h1-6,9-11,26H,7-8H2,(H2,27,29,32). The van der Waals surface area contributed by atoms with Gasteiger partial charge in [-0.05, 0) is 40.2 Å². The topological polar surface area (TPSA) is 83.3 Å². The van der Waals surface area contributed by atoms with Crippen molar-refractivity contribution in [1.82, 2.24) is 19.9 Å². The Kier molecular flexibility index (Phi) is 7.05. The minimum atomic E-state index is -0.358. The minimum Gasteiger partial charge on any atom is -0.368 e. The van der Waals surface area contributed by atoms with Crippen LogP contribution in [0.2, 0.25) is 15.1 Å². The number of rotatable bonds is 6. The summed E-state index contributed by atoms with van der Waals surface area (Å²) >= 11 is 21.7. The number of amides is 2. The van der Waals surface area contributed by atoms with Crippen LogP contribution in [0.3, 0.4) is 0 Å². The maximum atomic E-state index is 12.1. The average Bonchev–Trinajstić information content (AvgIpc) is 3.15. The van der Waals surface area contributed by atoms with Crippen molar-refractivity contribution in [2.24, 2.45) is 0 Å². The first kappa shape index (κ1) is 22.7. The normalized spacial score (nSPS) is 10.9. The average molecular weight is 555 g/mol. The van der Waals surface area contributed by atoms with Gasteiger partial charge >= 0.3 is 6.03 Å². The number of hydrogen-bond donors (Lipinski definition) is 3. The van der Waals surface area contributed by atoms with E-state index >= 15 is 0 Å². The number of nitrogens with zero attached hydrogens (tertiary/aromatic N) is 3. The van der Waals surface area contributed by atoms with Gasteiger partial charge in [0.05, 0.1) is 26.4 Å². The second-order valence-corrected chi connectivity index (χ2v) is 8.75. The monoisotopic (exact) mass is 552 g/mol. The third-order valence-electron chi connectivity index (χ3n) is 4.47. The third kappa shape index (κ3) is 5.10. The van der Waals surface area contributed by atoms with Crippen LogP contribution in [0.1, 0.15) is 0 Å². The molecular formula is C21H16BrCl3N6O. The number of carbonyl (C=O) groups is 1. The molecule has 164 valence electrons. The Balaban J connectivity index is 1.43. The molecule has 0 fully saturated rings. The fraction of sp³-hybridized carbons (Fsp3) is 0.0952. The van der Waals surface area contributed by atoms with E-state index in [1.807, 2.05) is 30.3 Å². The zero-order chi connectivity index (χ0) is 22.7. The van der Waals surface area contributed by atoms with Gasteiger partial charge in [0.1, 0.15) is 5.82 Å². The van der Waals surface area contributed by atoms with Crippen molar-refractivity contribution in [3.8, 4) is 11.3 Å². The molecular weight excluding hydrogens is 539 g/mol. The van der Waals surface area contributed by atoms with Crippen LogP contribution in [-0.2, 0) is 0 Å². The first-order valence-electron chi connectivity index (χ1n) is 9.45. The smallest absolute Gasteiger partial charge is 0.319 e. The van der Waals surface area contributed by atoms with E-state index in [2.05, 4.69) is 42.0 Å². The number of hydrogen-bond acceptors (Lipinski definition) is 4. The molecule has 3 N–H and O–H groups in total. The Bertz CT molecular complexity index is 1300. The molecule has 0 aliphatic rings. The number of benzene rings is 2. The van der Waals surface area contributed by atoms with Crippen LogP contribution < -0.4 is 16.0 Å². The summed E-state index contributed by atoms with van der Waals surface area (Å²) in [4.78, 5) is 16.8. The highest BCUT2D eigenvalue weighted by Gasteiger charge is 2.13. The lowest BCUT2D eigenvalue weighted by molar-refractivity contribution is 0.252. The molecule has 2 heterocycles. The molecule has 0 aliphatic heterocycles.